The van der Waals surface area contributed by atoms with Gasteiger partial charge in [0, 0.05) is 34.9 Å². The van der Waals surface area contributed by atoms with E-state index in [0.717, 1.165) is 51.6 Å². The van der Waals surface area contributed by atoms with Crippen LogP contribution in [0.5, 0.6) is 5.75 Å². The number of amides is 2. The van der Waals surface area contributed by atoms with E-state index in [2.05, 4.69) is 40.8 Å². The number of nitrogens with zero attached hydrogens (tertiary/aromatic N) is 7. The summed E-state index contributed by atoms with van der Waals surface area (Å²) in [6, 6.07) is 0.0611. The molecular formula is C24H20N11NaO8S5. The number of oxime groups is 1. The number of thioether (sulfide) groups is 3. The van der Waals surface area contributed by atoms with Gasteiger partial charge in [0.2, 0.25) is 10.6 Å². The molecule has 0 radical (unpaired) electrons. The second-order valence-electron chi connectivity index (χ2n) is 9.46. The van der Waals surface area contributed by atoms with Crippen molar-refractivity contribution in [3.8, 4) is 17.3 Å². The Labute approximate surface area is 317 Å². The minimum absolute atomic E-state index is 0. The van der Waals surface area contributed by atoms with Gasteiger partial charge < -0.3 is 46.0 Å². The number of aromatic hydroxyl groups is 1. The van der Waals surface area contributed by atoms with Crippen molar-refractivity contribution < 1.29 is 63.4 Å². The second kappa shape index (κ2) is 15.9. The van der Waals surface area contributed by atoms with E-state index in [1.165, 1.54) is 28.9 Å². The zero-order valence-electron chi connectivity index (χ0n) is 24.8. The number of hydrogen-bond acceptors (Lipinski definition) is 21. The molecule has 7 N–H and O–H groups in total. The van der Waals surface area contributed by atoms with Crippen molar-refractivity contribution in [2.75, 3.05) is 35.3 Å². The van der Waals surface area contributed by atoms with Gasteiger partial charge in [-0.2, -0.15) is 0 Å². The van der Waals surface area contributed by atoms with E-state index in [0.29, 0.717) is 9.91 Å². The van der Waals surface area contributed by atoms with Gasteiger partial charge in [0.1, 0.15) is 29.4 Å². The Bertz CT molecular complexity index is 2010. The van der Waals surface area contributed by atoms with E-state index in [1.807, 2.05) is 0 Å². The van der Waals surface area contributed by atoms with Crippen LogP contribution in [0.4, 0.5) is 10.3 Å². The zero-order chi connectivity index (χ0) is 33.9. The Morgan fingerprint density at radius 2 is 2.04 bits per heavy atom. The van der Waals surface area contributed by atoms with Crippen LogP contribution >= 0.6 is 58.0 Å². The third-order valence-electron chi connectivity index (χ3n) is 6.38. The minimum Gasteiger partial charge on any atom is -0.543 e. The van der Waals surface area contributed by atoms with E-state index >= 15 is 0 Å². The van der Waals surface area contributed by atoms with Crippen LogP contribution in [0.1, 0.15) is 5.69 Å². The van der Waals surface area contributed by atoms with Crippen LogP contribution in [0.3, 0.4) is 0 Å². The Hall–Kier alpha value is -3.65. The molecule has 0 aliphatic carbocycles. The number of aromatic nitrogens is 6. The number of carboxylic acid groups (broad SMARTS) is 1. The maximum Gasteiger partial charge on any atom is 1.00 e. The predicted octanol–water partition coefficient (Wildman–Crippen LogP) is -3.68. The van der Waals surface area contributed by atoms with Crippen LogP contribution in [0.2, 0.25) is 0 Å². The van der Waals surface area contributed by atoms with Crippen molar-refractivity contribution in [2.45, 2.75) is 21.0 Å². The number of aliphatic carboxylic acids is 1. The van der Waals surface area contributed by atoms with E-state index < -0.39 is 40.4 Å². The number of nitrogens with two attached hydrogens (primary N) is 2. The molecule has 2 aliphatic rings. The number of nitrogen functional groups attached to an aromatic ring is 2. The Morgan fingerprint density at radius 1 is 1.22 bits per heavy atom. The number of β-lactam (4-membered cyclic amide) rings is 1. The second-order valence-corrected chi connectivity index (χ2v) is 14.7. The number of thiazole rings is 1. The van der Waals surface area contributed by atoms with Gasteiger partial charge in [0.15, 0.2) is 20.9 Å². The smallest absolute Gasteiger partial charge is 0.543 e. The van der Waals surface area contributed by atoms with Gasteiger partial charge >= 0.3 is 29.6 Å². The van der Waals surface area contributed by atoms with Gasteiger partial charge in [-0.3, -0.25) is 19.3 Å². The first-order valence-electron chi connectivity index (χ1n) is 13.3. The summed E-state index contributed by atoms with van der Waals surface area (Å²) in [5, 5.41) is 44.8. The molecule has 0 spiro atoms. The number of hydrogen-bond donors (Lipinski definition) is 5. The number of fused-ring (bicyclic) bond motifs is 1. The van der Waals surface area contributed by atoms with E-state index in [1.54, 1.807) is 0 Å². The normalized spacial score (nSPS) is 17.3. The molecule has 1 saturated heterocycles. The van der Waals surface area contributed by atoms with Crippen molar-refractivity contribution in [1.29, 1.82) is 0 Å². The summed E-state index contributed by atoms with van der Waals surface area (Å²) in [6.45, 7) is -0.0202. The van der Waals surface area contributed by atoms with Crippen molar-refractivity contribution in [2.24, 2.45) is 5.16 Å². The monoisotopic (exact) mass is 773 g/mol. The fraction of sp³-hybridized carbons (Fsp3) is 0.250. The largest absolute Gasteiger partial charge is 1.00 e. The molecule has 0 unspecified atom stereocenters. The average Bonchev–Trinajstić information content (AvgIpc) is 3.82. The molecule has 0 saturated carbocycles. The summed E-state index contributed by atoms with van der Waals surface area (Å²) < 4.78 is 6.05. The SMILES string of the molecule is Nc1nc(/C(=N/OCCSc2nnc(-c3cc(=O)c(O)c[nH]3)o2)C(=O)N[C@@H]2C(=O)N3C(C(=O)[O-])=C(CSc4nnc(N)s4)CS[C@H]23)cs1.[Na+]. The van der Waals surface area contributed by atoms with Crippen LogP contribution in [-0.4, -0.2) is 99.1 Å². The standard InChI is InChI=1S/C24H21N11O8S5.Na/c25-21-28-10(7-46-21)13(34-42-1-2-44-23-32-30-17(43-23)9-3-11(36)12(37)4-27-9)16(38)29-14-18(39)35-15(20(40)41)8(5-45-19(14)35)6-47-24-33-31-22(26)48-24;/h3-4,7,14,19,37H,1-2,5-6H2,(H2,25,28)(H2,26,31)(H,27,36)(H,29,38)(H,40,41);/q;+1/p-1/b34-13-;/t14-,19-;/m1./s1. The maximum atomic E-state index is 13.4. The van der Waals surface area contributed by atoms with Crippen LogP contribution in [-0.2, 0) is 19.2 Å². The third kappa shape index (κ3) is 8.22. The Morgan fingerprint density at radius 3 is 2.73 bits per heavy atom. The van der Waals surface area contributed by atoms with Crippen LogP contribution in [0.15, 0.2) is 52.8 Å². The van der Waals surface area contributed by atoms with Crippen LogP contribution < -0.4 is 56.9 Å². The number of H-pyrrole nitrogens is 1. The molecule has 25 heteroatoms. The first-order chi connectivity index (χ1) is 23.1. The predicted molar refractivity (Wildman–Crippen MR) is 174 cm³/mol. The van der Waals surface area contributed by atoms with E-state index in [4.69, 9.17) is 20.7 Å². The third-order valence-corrected chi connectivity index (χ3v) is 11.2. The van der Waals surface area contributed by atoms with Crippen molar-refractivity contribution in [3.63, 3.8) is 0 Å². The molecule has 4 aromatic rings. The molecule has 49 heavy (non-hydrogen) atoms. The number of anilines is 2. The van der Waals surface area contributed by atoms with Gasteiger partial charge in [-0.15, -0.1) is 43.5 Å². The molecule has 2 aliphatic heterocycles. The maximum absolute atomic E-state index is 13.4. The fourth-order valence-corrected chi connectivity index (χ4v) is 8.50. The van der Waals surface area contributed by atoms with Crippen molar-refractivity contribution >= 4 is 91.7 Å². The number of rotatable bonds is 13. The Kier molecular flexibility index (Phi) is 11.9. The molecule has 6 rings (SSSR count). The fourth-order valence-electron chi connectivity index (χ4n) is 4.26. The number of carboxylic acids is 1. The van der Waals surface area contributed by atoms with Gasteiger partial charge in [0.05, 0.1) is 11.7 Å². The van der Waals surface area contributed by atoms with Gasteiger partial charge in [-0.25, -0.2) is 4.98 Å². The summed E-state index contributed by atoms with van der Waals surface area (Å²) in [4.78, 5) is 63.5. The summed E-state index contributed by atoms with van der Waals surface area (Å²) in [5.74, 6) is -2.60. The van der Waals surface area contributed by atoms with E-state index in [9.17, 15) is 29.4 Å². The molecule has 0 aromatic carbocycles. The zero-order valence-corrected chi connectivity index (χ0v) is 30.9. The number of nitrogens with one attached hydrogen (secondary N) is 2. The molecule has 4 aromatic heterocycles. The number of aromatic amines is 1. The molecule has 0 bridgehead atoms. The molecule has 6 heterocycles. The quantitative estimate of drug-likeness (QED) is 0.0218. The van der Waals surface area contributed by atoms with Gasteiger partial charge in [-0.05, 0) is 5.57 Å². The first-order valence-corrected chi connectivity index (χ1v) is 18.0. The molecule has 2 amide bonds. The number of carbonyl (C=O) groups is 3. The Balaban J connectivity index is 0.00000468. The van der Waals surface area contributed by atoms with Crippen molar-refractivity contribution in [3.05, 3.63) is 44.8 Å². The summed E-state index contributed by atoms with van der Waals surface area (Å²) in [6.07, 6.45) is 1.11. The molecule has 250 valence electrons. The van der Waals surface area contributed by atoms with Crippen LogP contribution in [0.25, 0.3) is 11.6 Å². The molecule has 1 fully saturated rings. The van der Waals surface area contributed by atoms with Gasteiger partial charge in [0.25, 0.3) is 22.9 Å². The molecule has 19 nitrogen and oxygen atoms in total. The minimum atomic E-state index is -1.51. The van der Waals surface area contributed by atoms with Crippen LogP contribution in [0, 0.1) is 0 Å². The number of pyridine rings is 1. The average molecular weight is 774 g/mol. The summed E-state index contributed by atoms with van der Waals surface area (Å²) >= 11 is 5.86. The van der Waals surface area contributed by atoms with Gasteiger partial charge in [-0.1, -0.05) is 40.0 Å². The molecule has 2 atom stereocenters. The topological polar surface area (TPSA) is 294 Å². The van der Waals surface area contributed by atoms with E-state index in [-0.39, 0.29) is 97.6 Å². The van der Waals surface area contributed by atoms with Crippen molar-refractivity contribution in [1.82, 2.24) is 40.6 Å². The molecular weight excluding hydrogens is 754 g/mol. The summed E-state index contributed by atoms with van der Waals surface area (Å²) in [5.41, 5.74) is 11.1. The first kappa shape index (κ1) is 36.6. The number of carbonyl (C=O) groups excluding carboxylic acids is 3. The summed E-state index contributed by atoms with van der Waals surface area (Å²) in [7, 11) is 0.